The molecule has 1 fully saturated rings. The number of nitrogens with one attached hydrogen (secondary N) is 1. The molecule has 2 amide bonds. The highest BCUT2D eigenvalue weighted by Crippen LogP contribution is 2.45. The van der Waals surface area contributed by atoms with Crippen molar-refractivity contribution in [1.82, 2.24) is 14.8 Å². The number of piperidine rings is 1. The molecule has 8 heteroatoms. The maximum Gasteiger partial charge on any atom is 0.254 e. The van der Waals surface area contributed by atoms with Crippen molar-refractivity contribution in [2.75, 3.05) is 20.4 Å². The molecule has 1 saturated heterocycles. The van der Waals surface area contributed by atoms with Crippen molar-refractivity contribution < 1.29 is 24.2 Å². The van der Waals surface area contributed by atoms with Gasteiger partial charge in [0.25, 0.3) is 5.91 Å². The standard InChI is InChI=1S/C33H33N3O5/c1-18-7-4-5-8-21(18)32(38)35(3)25-16-26-31-24(13-14-36(26)33(39)29(25)19(2)37)23-10-6-9-22(30(23)34-31)20-11-12-27-28(15-20)41-17-40-27/h4-12,15,19,25-26,29,34,37H,13-14,16-17H2,1-3H3/t19-,25-,26-,29-/m0/s1. The van der Waals surface area contributed by atoms with Gasteiger partial charge in [-0.15, -0.1) is 0 Å². The quantitative estimate of drug-likeness (QED) is 0.379. The van der Waals surface area contributed by atoms with E-state index < -0.39 is 18.1 Å². The van der Waals surface area contributed by atoms with Gasteiger partial charge in [0.1, 0.15) is 0 Å². The lowest BCUT2D eigenvalue weighted by Crippen LogP contribution is -2.59. The number of ether oxygens (including phenoxy) is 2. The topological polar surface area (TPSA) is 95.1 Å². The number of aromatic amines is 1. The number of benzene rings is 3. The van der Waals surface area contributed by atoms with Crippen LogP contribution >= 0.6 is 0 Å². The fraction of sp³-hybridized carbons (Fsp3) is 0.333. The molecule has 0 saturated carbocycles. The zero-order valence-corrected chi connectivity index (χ0v) is 23.4. The number of rotatable bonds is 4. The number of aliphatic hydroxyl groups is 1. The lowest BCUT2D eigenvalue weighted by Gasteiger charge is -2.49. The Balaban J connectivity index is 1.29. The maximum atomic E-state index is 14.0. The highest BCUT2D eigenvalue weighted by Gasteiger charge is 2.49. The van der Waals surface area contributed by atoms with E-state index in [0.717, 1.165) is 51.2 Å². The predicted molar refractivity (Wildman–Crippen MR) is 155 cm³/mol. The number of aliphatic hydroxyl groups excluding tert-OH is 1. The predicted octanol–water partition coefficient (Wildman–Crippen LogP) is 4.84. The molecule has 4 heterocycles. The van der Waals surface area contributed by atoms with Crippen LogP contribution in [0.15, 0.2) is 60.7 Å². The van der Waals surface area contributed by atoms with Gasteiger partial charge < -0.3 is 29.4 Å². The summed E-state index contributed by atoms with van der Waals surface area (Å²) in [4.78, 5) is 34.9. The minimum atomic E-state index is -0.887. The second-order valence-electron chi connectivity index (χ2n) is 11.4. The van der Waals surface area contributed by atoms with Crippen LogP contribution in [0.1, 0.15) is 46.6 Å². The Labute approximate surface area is 238 Å². The van der Waals surface area contributed by atoms with Gasteiger partial charge >= 0.3 is 0 Å². The Morgan fingerprint density at radius 1 is 1.10 bits per heavy atom. The van der Waals surface area contributed by atoms with Crippen molar-refractivity contribution in [3.05, 3.63) is 83.0 Å². The first kappa shape index (κ1) is 25.7. The molecule has 0 spiro atoms. The second-order valence-corrected chi connectivity index (χ2v) is 11.4. The van der Waals surface area contributed by atoms with Gasteiger partial charge in [0, 0.05) is 41.8 Å². The number of amides is 2. The van der Waals surface area contributed by atoms with E-state index in [0.29, 0.717) is 18.5 Å². The van der Waals surface area contributed by atoms with E-state index in [1.165, 1.54) is 5.56 Å². The number of H-pyrrole nitrogens is 1. The zero-order valence-electron chi connectivity index (χ0n) is 23.4. The molecular formula is C33H33N3O5. The molecule has 2 N–H and O–H groups in total. The SMILES string of the molecule is Cc1ccccc1C(=O)N(C)[C@H]1C[C@H]2c3[nH]c4c(-c5ccc6c(c5)OCO6)cccc4c3CCN2C(=O)[C@H]1[C@H](C)O. The van der Waals surface area contributed by atoms with Crippen LogP contribution in [0.4, 0.5) is 0 Å². The number of hydrogen-bond donors (Lipinski definition) is 2. The van der Waals surface area contributed by atoms with Crippen LogP contribution in [0.5, 0.6) is 11.5 Å². The van der Waals surface area contributed by atoms with E-state index in [9.17, 15) is 14.7 Å². The third-order valence-corrected chi connectivity index (χ3v) is 9.13. The number of hydrogen-bond acceptors (Lipinski definition) is 5. The Kier molecular flexibility index (Phi) is 6.05. The van der Waals surface area contributed by atoms with Crippen molar-refractivity contribution in [2.24, 2.45) is 5.92 Å². The van der Waals surface area contributed by atoms with E-state index in [1.54, 1.807) is 18.9 Å². The Morgan fingerprint density at radius 2 is 1.90 bits per heavy atom. The molecule has 3 aromatic carbocycles. The first-order chi connectivity index (χ1) is 19.8. The van der Waals surface area contributed by atoms with Gasteiger partial charge in [-0.3, -0.25) is 9.59 Å². The number of aromatic nitrogens is 1. The molecule has 4 atom stereocenters. The monoisotopic (exact) mass is 551 g/mol. The molecule has 4 aromatic rings. The molecule has 7 rings (SSSR count). The third kappa shape index (κ3) is 4.00. The molecule has 210 valence electrons. The summed E-state index contributed by atoms with van der Waals surface area (Å²) in [6.45, 7) is 4.36. The zero-order chi connectivity index (χ0) is 28.4. The molecule has 41 heavy (non-hydrogen) atoms. The van der Waals surface area contributed by atoms with Gasteiger partial charge in [0.2, 0.25) is 12.7 Å². The summed E-state index contributed by atoms with van der Waals surface area (Å²) in [6, 6.07) is 19.1. The van der Waals surface area contributed by atoms with Crippen molar-refractivity contribution in [2.45, 2.75) is 44.9 Å². The summed E-state index contributed by atoms with van der Waals surface area (Å²) in [6.07, 6.45) is 0.369. The normalized spacial score (nSPS) is 21.9. The number of carbonyl (C=O) groups excluding carboxylic acids is 2. The molecule has 1 aromatic heterocycles. The molecule has 0 radical (unpaired) electrons. The summed E-state index contributed by atoms with van der Waals surface area (Å²) >= 11 is 0. The van der Waals surface area contributed by atoms with Crippen LogP contribution in [0.25, 0.3) is 22.0 Å². The van der Waals surface area contributed by atoms with Gasteiger partial charge in [-0.05, 0) is 61.6 Å². The summed E-state index contributed by atoms with van der Waals surface area (Å²) in [7, 11) is 1.75. The van der Waals surface area contributed by atoms with E-state index in [1.807, 2.05) is 54.3 Å². The fourth-order valence-corrected chi connectivity index (χ4v) is 7.02. The van der Waals surface area contributed by atoms with Crippen LogP contribution in [0.2, 0.25) is 0 Å². The van der Waals surface area contributed by atoms with E-state index in [2.05, 4.69) is 23.2 Å². The van der Waals surface area contributed by atoms with Gasteiger partial charge in [0.15, 0.2) is 11.5 Å². The number of nitrogens with zero attached hydrogens (tertiary/aromatic N) is 2. The van der Waals surface area contributed by atoms with Crippen LogP contribution in [0, 0.1) is 12.8 Å². The first-order valence-corrected chi connectivity index (χ1v) is 14.2. The van der Waals surface area contributed by atoms with Gasteiger partial charge in [-0.2, -0.15) is 0 Å². The van der Waals surface area contributed by atoms with Gasteiger partial charge in [0.05, 0.1) is 23.6 Å². The number of para-hydroxylation sites is 1. The highest BCUT2D eigenvalue weighted by molar-refractivity contribution is 5.98. The number of aryl methyl sites for hydroxylation is 1. The van der Waals surface area contributed by atoms with Crippen LogP contribution in [-0.4, -0.2) is 64.2 Å². The van der Waals surface area contributed by atoms with Gasteiger partial charge in [-0.1, -0.05) is 42.5 Å². The second kappa shape index (κ2) is 9.66. The van der Waals surface area contributed by atoms with Crippen molar-refractivity contribution in [3.63, 3.8) is 0 Å². The largest absolute Gasteiger partial charge is 0.454 e. The number of fused-ring (bicyclic) bond motifs is 6. The summed E-state index contributed by atoms with van der Waals surface area (Å²) in [5.41, 5.74) is 6.80. The maximum absolute atomic E-state index is 14.0. The first-order valence-electron chi connectivity index (χ1n) is 14.2. The molecule has 0 unspecified atom stereocenters. The minimum absolute atomic E-state index is 0.106. The number of carbonyl (C=O) groups is 2. The van der Waals surface area contributed by atoms with Crippen LogP contribution < -0.4 is 9.47 Å². The van der Waals surface area contributed by atoms with Gasteiger partial charge in [-0.25, -0.2) is 0 Å². The molecule has 3 aliphatic heterocycles. The molecule has 8 nitrogen and oxygen atoms in total. The fourth-order valence-electron chi connectivity index (χ4n) is 7.02. The molecule has 3 aliphatic rings. The average Bonchev–Trinajstić information content (AvgIpc) is 3.60. The Hall–Kier alpha value is -4.30. The van der Waals surface area contributed by atoms with E-state index >= 15 is 0 Å². The lowest BCUT2D eigenvalue weighted by atomic mass is 9.79. The Bertz CT molecular complexity index is 1690. The van der Waals surface area contributed by atoms with E-state index in [-0.39, 0.29) is 24.6 Å². The van der Waals surface area contributed by atoms with Crippen molar-refractivity contribution in [3.8, 4) is 22.6 Å². The lowest BCUT2D eigenvalue weighted by molar-refractivity contribution is -0.151. The summed E-state index contributed by atoms with van der Waals surface area (Å²) in [5, 5.41) is 11.9. The Morgan fingerprint density at radius 3 is 2.71 bits per heavy atom. The van der Waals surface area contributed by atoms with Crippen molar-refractivity contribution in [1.29, 1.82) is 0 Å². The summed E-state index contributed by atoms with van der Waals surface area (Å²) in [5.74, 6) is 0.530. The van der Waals surface area contributed by atoms with Crippen LogP contribution in [0.3, 0.4) is 0 Å². The third-order valence-electron chi connectivity index (χ3n) is 9.13. The average molecular weight is 552 g/mol. The molecule has 0 aliphatic carbocycles. The smallest absolute Gasteiger partial charge is 0.254 e. The molecule has 0 bridgehead atoms. The van der Waals surface area contributed by atoms with Crippen LogP contribution in [-0.2, 0) is 11.2 Å². The van der Waals surface area contributed by atoms with Crippen molar-refractivity contribution >= 4 is 22.7 Å². The molecular weight excluding hydrogens is 518 g/mol. The minimum Gasteiger partial charge on any atom is -0.454 e. The highest BCUT2D eigenvalue weighted by atomic mass is 16.7. The van der Waals surface area contributed by atoms with E-state index in [4.69, 9.17) is 9.47 Å². The summed E-state index contributed by atoms with van der Waals surface area (Å²) < 4.78 is 11.1.